The smallest absolute Gasteiger partial charge is 0.255 e. The van der Waals surface area contributed by atoms with Crippen molar-refractivity contribution in [2.75, 3.05) is 13.7 Å². The van der Waals surface area contributed by atoms with E-state index in [0.29, 0.717) is 30.0 Å². The minimum Gasteiger partial charge on any atom is -0.497 e. The average Bonchev–Trinajstić information content (AvgIpc) is 3.26. The number of benzene rings is 2. The Morgan fingerprint density at radius 1 is 1.06 bits per heavy atom. The van der Waals surface area contributed by atoms with E-state index >= 15 is 0 Å². The Morgan fingerprint density at radius 3 is 2.65 bits per heavy atom. The van der Waals surface area contributed by atoms with Gasteiger partial charge in [-0.1, -0.05) is 35.9 Å². The topological polar surface area (TPSA) is 69.0 Å². The fourth-order valence-corrected chi connectivity index (χ4v) is 3.30. The van der Waals surface area contributed by atoms with Crippen LogP contribution in [0.4, 0.5) is 0 Å². The van der Waals surface area contributed by atoms with Gasteiger partial charge >= 0.3 is 0 Å². The zero-order valence-corrected chi connectivity index (χ0v) is 17.6. The molecular formula is C25H24N4O2. The lowest BCUT2D eigenvalue weighted by Gasteiger charge is -2.06. The van der Waals surface area contributed by atoms with Gasteiger partial charge in [-0.15, -0.1) is 0 Å². The summed E-state index contributed by atoms with van der Waals surface area (Å²) in [6.45, 7) is 2.53. The Morgan fingerprint density at radius 2 is 1.90 bits per heavy atom. The van der Waals surface area contributed by atoms with Gasteiger partial charge in [-0.25, -0.2) is 4.68 Å². The fraction of sp³-hybridized carbons (Fsp3) is 0.160. The molecule has 1 N–H and O–H groups in total. The maximum atomic E-state index is 13.1. The molecule has 6 nitrogen and oxygen atoms in total. The predicted octanol–water partition coefficient (Wildman–Crippen LogP) is 4.22. The molecule has 0 spiro atoms. The van der Waals surface area contributed by atoms with E-state index in [0.717, 1.165) is 22.5 Å². The standard InChI is InChI=1S/C25H24N4O2/c1-18-9-11-21(12-10-18)29-17-23(24(28-29)19-6-5-8-22(16-19)31-2)25(30)27-15-13-20-7-3-4-14-26-20/h3-12,14,16-17H,13,15H2,1-2H3,(H,27,30). The molecule has 4 rings (SSSR count). The first kappa shape index (κ1) is 20.3. The Labute approximate surface area is 181 Å². The van der Waals surface area contributed by atoms with E-state index in [1.54, 1.807) is 24.2 Å². The molecule has 0 atom stereocenters. The van der Waals surface area contributed by atoms with Crippen molar-refractivity contribution in [1.29, 1.82) is 0 Å². The normalized spacial score (nSPS) is 10.6. The van der Waals surface area contributed by atoms with E-state index in [9.17, 15) is 4.79 Å². The highest BCUT2D eigenvalue weighted by Gasteiger charge is 2.19. The zero-order valence-electron chi connectivity index (χ0n) is 17.6. The molecule has 156 valence electrons. The van der Waals surface area contributed by atoms with Crippen LogP contribution in [0.3, 0.4) is 0 Å². The fourth-order valence-electron chi connectivity index (χ4n) is 3.30. The molecule has 0 aliphatic carbocycles. The van der Waals surface area contributed by atoms with Gasteiger partial charge in [0.15, 0.2) is 0 Å². The quantitative estimate of drug-likeness (QED) is 0.493. The lowest BCUT2D eigenvalue weighted by atomic mass is 10.1. The van der Waals surface area contributed by atoms with Crippen molar-refractivity contribution >= 4 is 5.91 Å². The van der Waals surface area contributed by atoms with Gasteiger partial charge in [0, 0.05) is 36.6 Å². The molecule has 0 bridgehead atoms. The summed E-state index contributed by atoms with van der Waals surface area (Å²) >= 11 is 0. The molecule has 2 heterocycles. The van der Waals surface area contributed by atoms with Gasteiger partial charge in [0.25, 0.3) is 5.91 Å². The summed E-state index contributed by atoms with van der Waals surface area (Å²) in [6, 6.07) is 21.4. The summed E-state index contributed by atoms with van der Waals surface area (Å²) in [6.07, 6.45) is 4.19. The van der Waals surface area contributed by atoms with Gasteiger partial charge in [0.1, 0.15) is 11.4 Å². The van der Waals surface area contributed by atoms with Gasteiger partial charge in [0.05, 0.1) is 18.4 Å². The molecule has 4 aromatic rings. The van der Waals surface area contributed by atoms with Gasteiger partial charge in [0.2, 0.25) is 0 Å². The third-order valence-electron chi connectivity index (χ3n) is 4.99. The van der Waals surface area contributed by atoms with Crippen molar-refractivity contribution in [1.82, 2.24) is 20.1 Å². The first-order chi connectivity index (χ1) is 15.1. The van der Waals surface area contributed by atoms with Crippen LogP contribution in [0.15, 0.2) is 79.1 Å². The van der Waals surface area contributed by atoms with E-state index in [4.69, 9.17) is 9.84 Å². The van der Waals surface area contributed by atoms with Gasteiger partial charge in [-0.05, 0) is 43.3 Å². The molecule has 2 aromatic carbocycles. The number of nitrogens with zero attached hydrogens (tertiary/aromatic N) is 3. The Bertz CT molecular complexity index is 1170. The molecule has 6 heteroatoms. The molecule has 0 fully saturated rings. The molecule has 2 aromatic heterocycles. The minimum atomic E-state index is -0.174. The summed E-state index contributed by atoms with van der Waals surface area (Å²) < 4.78 is 7.09. The second-order valence-electron chi connectivity index (χ2n) is 7.23. The van der Waals surface area contributed by atoms with Crippen LogP contribution in [0.2, 0.25) is 0 Å². The molecule has 0 saturated carbocycles. The molecular weight excluding hydrogens is 388 g/mol. The first-order valence-corrected chi connectivity index (χ1v) is 10.1. The maximum Gasteiger partial charge on any atom is 0.255 e. The minimum absolute atomic E-state index is 0.174. The van der Waals surface area contributed by atoms with Crippen LogP contribution in [-0.2, 0) is 6.42 Å². The lowest BCUT2D eigenvalue weighted by molar-refractivity contribution is 0.0954. The van der Waals surface area contributed by atoms with Crippen LogP contribution in [0.5, 0.6) is 5.75 Å². The number of aryl methyl sites for hydroxylation is 1. The Kier molecular flexibility index (Phi) is 6.08. The molecule has 0 radical (unpaired) electrons. The van der Waals surface area contributed by atoms with E-state index in [1.807, 2.05) is 73.7 Å². The van der Waals surface area contributed by atoms with E-state index in [2.05, 4.69) is 10.3 Å². The van der Waals surface area contributed by atoms with E-state index in [-0.39, 0.29) is 5.91 Å². The van der Waals surface area contributed by atoms with Gasteiger partial charge < -0.3 is 10.1 Å². The third-order valence-corrected chi connectivity index (χ3v) is 4.99. The largest absolute Gasteiger partial charge is 0.497 e. The van der Waals surface area contributed by atoms with E-state index < -0.39 is 0 Å². The number of ether oxygens (including phenoxy) is 1. The second-order valence-corrected chi connectivity index (χ2v) is 7.23. The molecule has 0 aliphatic heterocycles. The predicted molar refractivity (Wildman–Crippen MR) is 121 cm³/mol. The van der Waals surface area contributed by atoms with Crippen LogP contribution in [0.25, 0.3) is 16.9 Å². The number of nitrogens with one attached hydrogen (secondary N) is 1. The number of hydrogen-bond donors (Lipinski definition) is 1. The second kappa shape index (κ2) is 9.26. The van der Waals surface area contributed by atoms with Crippen LogP contribution in [-0.4, -0.2) is 34.3 Å². The summed E-state index contributed by atoms with van der Waals surface area (Å²) in [5.41, 5.74) is 4.93. The molecule has 0 unspecified atom stereocenters. The number of rotatable bonds is 7. The van der Waals surface area contributed by atoms with Crippen LogP contribution in [0.1, 0.15) is 21.6 Å². The highest BCUT2D eigenvalue weighted by Crippen LogP contribution is 2.27. The van der Waals surface area contributed by atoms with Crippen molar-refractivity contribution in [3.8, 4) is 22.7 Å². The molecule has 0 aliphatic rings. The Balaban J connectivity index is 1.63. The van der Waals surface area contributed by atoms with Crippen LogP contribution in [0, 0.1) is 6.92 Å². The van der Waals surface area contributed by atoms with Crippen LogP contribution < -0.4 is 10.1 Å². The third kappa shape index (κ3) is 4.80. The van der Waals surface area contributed by atoms with Crippen molar-refractivity contribution in [2.24, 2.45) is 0 Å². The van der Waals surface area contributed by atoms with Crippen molar-refractivity contribution in [3.63, 3.8) is 0 Å². The zero-order chi connectivity index (χ0) is 21.6. The molecule has 0 saturated heterocycles. The summed E-state index contributed by atoms with van der Waals surface area (Å²) in [5.74, 6) is 0.538. The number of hydrogen-bond acceptors (Lipinski definition) is 4. The summed E-state index contributed by atoms with van der Waals surface area (Å²) in [7, 11) is 1.62. The number of pyridine rings is 1. The highest BCUT2D eigenvalue weighted by atomic mass is 16.5. The summed E-state index contributed by atoms with van der Waals surface area (Å²) in [4.78, 5) is 17.4. The highest BCUT2D eigenvalue weighted by molar-refractivity contribution is 6.00. The molecule has 31 heavy (non-hydrogen) atoms. The number of carbonyl (C=O) groups excluding carboxylic acids is 1. The van der Waals surface area contributed by atoms with Crippen molar-refractivity contribution in [3.05, 3.63) is 95.9 Å². The SMILES string of the molecule is COc1cccc(-c2nn(-c3ccc(C)cc3)cc2C(=O)NCCc2ccccn2)c1. The summed E-state index contributed by atoms with van der Waals surface area (Å²) in [5, 5.41) is 7.73. The lowest BCUT2D eigenvalue weighted by Crippen LogP contribution is -2.26. The average molecular weight is 412 g/mol. The van der Waals surface area contributed by atoms with Crippen molar-refractivity contribution in [2.45, 2.75) is 13.3 Å². The first-order valence-electron chi connectivity index (χ1n) is 10.1. The van der Waals surface area contributed by atoms with Gasteiger partial charge in [-0.2, -0.15) is 5.10 Å². The number of carbonyl (C=O) groups is 1. The number of aromatic nitrogens is 3. The van der Waals surface area contributed by atoms with Crippen LogP contribution >= 0.6 is 0 Å². The molecule has 1 amide bonds. The van der Waals surface area contributed by atoms with Gasteiger partial charge in [-0.3, -0.25) is 9.78 Å². The van der Waals surface area contributed by atoms with E-state index in [1.165, 1.54) is 0 Å². The monoisotopic (exact) mass is 412 g/mol. The number of methoxy groups -OCH3 is 1. The Hall–Kier alpha value is -3.93. The number of amides is 1. The maximum absolute atomic E-state index is 13.1. The van der Waals surface area contributed by atoms with Crippen molar-refractivity contribution < 1.29 is 9.53 Å².